The topological polar surface area (TPSA) is 86.8 Å². The number of hydrogen-bond acceptors (Lipinski definition) is 4. The first-order chi connectivity index (χ1) is 19.8. The number of carbonyl (C=O) groups is 4. The van der Waals surface area contributed by atoms with Crippen LogP contribution < -0.4 is 10.2 Å². The molecule has 0 radical (unpaired) electrons. The van der Waals surface area contributed by atoms with Crippen molar-refractivity contribution in [3.05, 3.63) is 76.9 Å². The highest BCUT2D eigenvalue weighted by atomic mass is 16.2. The van der Waals surface area contributed by atoms with Gasteiger partial charge in [-0.3, -0.25) is 29.4 Å². The molecule has 3 aliphatic heterocycles. The van der Waals surface area contributed by atoms with Gasteiger partial charge in [0.05, 0.1) is 5.69 Å². The Morgan fingerprint density at radius 3 is 2.49 bits per heavy atom. The Morgan fingerprint density at radius 1 is 0.976 bits per heavy atom. The molecule has 3 aromatic carbocycles. The van der Waals surface area contributed by atoms with Crippen LogP contribution in [0.15, 0.2) is 54.6 Å². The number of benzene rings is 3. The molecule has 1 N–H and O–H groups in total. The zero-order valence-electron chi connectivity index (χ0n) is 23.4. The van der Waals surface area contributed by atoms with Crippen LogP contribution in [0.4, 0.5) is 5.69 Å². The fraction of sp³-hybridized carbons (Fsp3) is 0.412. The van der Waals surface area contributed by atoms with Crippen molar-refractivity contribution in [2.24, 2.45) is 5.41 Å². The van der Waals surface area contributed by atoms with E-state index in [1.165, 1.54) is 17.5 Å². The van der Waals surface area contributed by atoms with E-state index in [1.807, 2.05) is 18.2 Å². The average Bonchev–Trinajstić information content (AvgIpc) is 3.25. The number of imide groups is 1. The number of hydrogen-bond donors (Lipinski definition) is 1. The predicted molar refractivity (Wildman–Crippen MR) is 157 cm³/mol. The molecule has 1 unspecified atom stereocenters. The minimum atomic E-state index is -0.684. The molecule has 41 heavy (non-hydrogen) atoms. The Hall–Kier alpha value is -4.00. The Kier molecular flexibility index (Phi) is 6.21. The minimum Gasteiger partial charge on any atom is -0.342 e. The van der Waals surface area contributed by atoms with E-state index in [9.17, 15) is 19.2 Å². The lowest BCUT2D eigenvalue weighted by Gasteiger charge is -2.43. The van der Waals surface area contributed by atoms with Gasteiger partial charge in [-0.05, 0) is 78.7 Å². The molecule has 4 aliphatic rings. The largest absolute Gasteiger partial charge is 0.342 e. The molecule has 1 atom stereocenters. The lowest BCUT2D eigenvalue weighted by atomic mass is 9.69. The van der Waals surface area contributed by atoms with Crippen molar-refractivity contribution in [1.29, 1.82) is 0 Å². The summed E-state index contributed by atoms with van der Waals surface area (Å²) in [4.78, 5) is 54.5. The van der Waals surface area contributed by atoms with Crippen molar-refractivity contribution in [2.45, 2.75) is 70.3 Å². The van der Waals surface area contributed by atoms with E-state index in [1.54, 1.807) is 4.90 Å². The number of anilines is 1. The molecular weight excluding hydrogens is 514 g/mol. The summed E-state index contributed by atoms with van der Waals surface area (Å²) in [7, 11) is 0. The van der Waals surface area contributed by atoms with Crippen molar-refractivity contribution in [2.75, 3.05) is 18.0 Å². The number of carbonyl (C=O) groups excluding carboxylic acids is 4. The average molecular weight is 550 g/mol. The molecule has 7 nitrogen and oxygen atoms in total. The van der Waals surface area contributed by atoms with Gasteiger partial charge in [0.15, 0.2) is 0 Å². The standard InChI is InChI=1S/C34H35N3O4/c1-34(15-4-16-34)33(41)36-17-13-22(14-18-36)23-6-2-5-21(19-23)20-24-9-10-27-30-25(24)7-3-8-26(30)32(40)37(27)28-11-12-29(38)35-31(28)39/h2-3,5-10,19,22,28H,4,11-18,20H2,1H3,(H,35,38,39). The van der Waals surface area contributed by atoms with Crippen LogP contribution in [0.5, 0.6) is 0 Å². The van der Waals surface area contributed by atoms with Crippen molar-refractivity contribution in [3.8, 4) is 0 Å². The van der Waals surface area contributed by atoms with E-state index < -0.39 is 11.9 Å². The lowest BCUT2D eigenvalue weighted by Crippen LogP contribution is -2.53. The van der Waals surface area contributed by atoms with Gasteiger partial charge in [-0.2, -0.15) is 0 Å². The number of nitrogens with one attached hydrogen (secondary N) is 1. The van der Waals surface area contributed by atoms with Gasteiger partial charge in [0.2, 0.25) is 17.7 Å². The van der Waals surface area contributed by atoms with Gasteiger partial charge >= 0.3 is 0 Å². The third kappa shape index (κ3) is 4.33. The van der Waals surface area contributed by atoms with Gasteiger partial charge in [0.1, 0.15) is 6.04 Å². The maximum Gasteiger partial charge on any atom is 0.259 e. The first-order valence-corrected chi connectivity index (χ1v) is 14.9. The molecule has 0 aromatic heterocycles. The molecule has 3 fully saturated rings. The molecule has 2 saturated heterocycles. The molecule has 4 amide bonds. The van der Waals surface area contributed by atoms with Crippen LogP contribution in [0.3, 0.4) is 0 Å². The van der Waals surface area contributed by atoms with Crippen LogP contribution >= 0.6 is 0 Å². The fourth-order valence-corrected chi connectivity index (χ4v) is 7.35. The highest BCUT2D eigenvalue weighted by Gasteiger charge is 2.43. The highest BCUT2D eigenvalue weighted by Crippen LogP contribution is 2.44. The van der Waals surface area contributed by atoms with Crippen molar-refractivity contribution >= 4 is 40.1 Å². The van der Waals surface area contributed by atoms with Crippen LogP contribution in [0.25, 0.3) is 10.8 Å². The van der Waals surface area contributed by atoms with E-state index in [0.29, 0.717) is 23.8 Å². The second kappa shape index (κ2) is 9.82. The van der Waals surface area contributed by atoms with Gasteiger partial charge < -0.3 is 4.90 Å². The normalized spacial score (nSPS) is 22.2. The van der Waals surface area contributed by atoms with E-state index in [-0.39, 0.29) is 23.7 Å². The van der Waals surface area contributed by atoms with Gasteiger partial charge in [-0.25, -0.2) is 0 Å². The number of rotatable bonds is 5. The molecule has 0 bridgehead atoms. The quantitative estimate of drug-likeness (QED) is 0.449. The van der Waals surface area contributed by atoms with Gasteiger partial charge in [0.25, 0.3) is 5.91 Å². The van der Waals surface area contributed by atoms with E-state index in [4.69, 9.17) is 0 Å². The summed E-state index contributed by atoms with van der Waals surface area (Å²) in [5.74, 6) is -0.0993. The fourth-order valence-electron chi connectivity index (χ4n) is 7.35. The molecule has 7 heteroatoms. The molecule has 0 spiro atoms. The van der Waals surface area contributed by atoms with E-state index in [0.717, 1.165) is 67.2 Å². The summed E-state index contributed by atoms with van der Waals surface area (Å²) >= 11 is 0. The summed E-state index contributed by atoms with van der Waals surface area (Å²) < 4.78 is 0. The van der Waals surface area contributed by atoms with Gasteiger partial charge in [-0.15, -0.1) is 0 Å². The first kappa shape index (κ1) is 25.9. The van der Waals surface area contributed by atoms with Crippen LogP contribution in [-0.4, -0.2) is 47.7 Å². The van der Waals surface area contributed by atoms with E-state index in [2.05, 4.69) is 53.5 Å². The van der Waals surface area contributed by atoms with Crippen LogP contribution in [0, 0.1) is 5.41 Å². The van der Waals surface area contributed by atoms with Crippen LogP contribution in [-0.2, 0) is 20.8 Å². The van der Waals surface area contributed by atoms with Crippen molar-refractivity contribution in [1.82, 2.24) is 10.2 Å². The zero-order chi connectivity index (χ0) is 28.3. The molecule has 7 rings (SSSR count). The SMILES string of the molecule is CC1(C(=O)N2CCC(c3cccc(Cc4ccc5c6c(cccc46)C(=O)N5C4CCC(=O)NC4=O)c3)CC2)CCC1. The van der Waals surface area contributed by atoms with Gasteiger partial charge in [-0.1, -0.05) is 55.8 Å². The Labute approximate surface area is 239 Å². The molecule has 1 saturated carbocycles. The van der Waals surface area contributed by atoms with Crippen molar-refractivity contribution in [3.63, 3.8) is 0 Å². The summed E-state index contributed by atoms with van der Waals surface area (Å²) in [6.45, 7) is 3.78. The number of likely N-dealkylation sites (tertiary alicyclic amines) is 1. The maximum atomic E-state index is 13.5. The predicted octanol–water partition coefficient (Wildman–Crippen LogP) is 5.09. The van der Waals surface area contributed by atoms with Crippen LogP contribution in [0.2, 0.25) is 0 Å². The molecule has 210 valence electrons. The maximum absolute atomic E-state index is 13.5. The Morgan fingerprint density at radius 2 is 1.76 bits per heavy atom. The Balaban J connectivity index is 1.11. The smallest absolute Gasteiger partial charge is 0.259 e. The lowest BCUT2D eigenvalue weighted by molar-refractivity contribution is -0.147. The Bertz CT molecular complexity index is 1600. The monoisotopic (exact) mass is 549 g/mol. The molecule has 3 heterocycles. The number of piperidine rings is 2. The van der Waals surface area contributed by atoms with E-state index >= 15 is 0 Å². The summed E-state index contributed by atoms with van der Waals surface area (Å²) in [6.07, 6.45) is 6.47. The number of amides is 4. The first-order valence-electron chi connectivity index (χ1n) is 14.9. The third-order valence-corrected chi connectivity index (χ3v) is 9.91. The number of nitrogens with zero attached hydrogens (tertiary/aromatic N) is 2. The molecular formula is C34H35N3O4. The molecule has 1 aliphatic carbocycles. The summed E-state index contributed by atoms with van der Waals surface area (Å²) in [6, 6.07) is 17.9. The van der Waals surface area contributed by atoms with Gasteiger partial charge in [0, 0.05) is 35.9 Å². The summed E-state index contributed by atoms with van der Waals surface area (Å²) in [5.41, 5.74) is 4.90. The second-order valence-corrected chi connectivity index (χ2v) is 12.5. The highest BCUT2D eigenvalue weighted by molar-refractivity contribution is 6.27. The molecule has 3 aromatic rings. The summed E-state index contributed by atoms with van der Waals surface area (Å²) in [5, 5.41) is 4.29. The van der Waals surface area contributed by atoms with Crippen molar-refractivity contribution < 1.29 is 19.2 Å². The van der Waals surface area contributed by atoms with Crippen LogP contribution in [0.1, 0.15) is 84.8 Å². The minimum absolute atomic E-state index is 0.129. The second-order valence-electron chi connectivity index (χ2n) is 12.5. The third-order valence-electron chi connectivity index (χ3n) is 9.91. The zero-order valence-corrected chi connectivity index (χ0v) is 23.4.